The molecule has 32 heavy (non-hydrogen) atoms. The van der Waals surface area contributed by atoms with Crippen LogP contribution >= 0.6 is 0 Å². The second kappa shape index (κ2) is 11.0. The summed E-state index contributed by atoms with van der Waals surface area (Å²) in [6.45, 7) is 13.4. The molecule has 6 nitrogen and oxygen atoms in total. The first kappa shape index (κ1) is 26.7. The number of rotatable bonds is 9. The van der Waals surface area contributed by atoms with E-state index in [1.165, 1.54) is 13.5 Å². The number of benzene rings is 1. The van der Waals surface area contributed by atoms with Gasteiger partial charge in [-0.2, -0.15) is 0 Å². The number of carbonyl (C=O) groups excluding carboxylic acids is 1. The van der Waals surface area contributed by atoms with Crippen LogP contribution < -0.4 is 9.47 Å². The molecule has 0 unspecified atom stereocenters. The van der Waals surface area contributed by atoms with E-state index in [0.717, 1.165) is 24.8 Å². The Morgan fingerprint density at radius 2 is 1.84 bits per heavy atom. The fourth-order valence-electron chi connectivity index (χ4n) is 3.99. The first-order chi connectivity index (χ1) is 14.9. The zero-order chi connectivity index (χ0) is 24.1. The summed E-state index contributed by atoms with van der Waals surface area (Å²) in [5.74, 6) is 0.658. The minimum atomic E-state index is -2.05. The molecule has 0 bridgehead atoms. The van der Waals surface area contributed by atoms with Crippen molar-refractivity contribution >= 4 is 14.3 Å². The Bertz CT molecular complexity index is 770. The summed E-state index contributed by atoms with van der Waals surface area (Å²) in [6, 6.07) is 3.60. The number of carbonyl (C=O) groups is 1. The molecular formula is C25H42O6Si. The minimum Gasteiger partial charge on any atom is -0.497 e. The summed E-state index contributed by atoms with van der Waals surface area (Å²) in [4.78, 5) is 12.7. The molecule has 1 saturated heterocycles. The lowest BCUT2D eigenvalue weighted by Crippen LogP contribution is -2.45. The van der Waals surface area contributed by atoms with Gasteiger partial charge in [0.25, 0.3) is 0 Å². The fourth-order valence-corrected chi connectivity index (χ4v) is 5.36. The van der Waals surface area contributed by atoms with Crippen molar-refractivity contribution in [3.63, 3.8) is 0 Å². The van der Waals surface area contributed by atoms with Crippen molar-refractivity contribution in [3.8, 4) is 11.5 Å². The van der Waals surface area contributed by atoms with E-state index in [1.54, 1.807) is 20.3 Å². The Labute approximate surface area is 195 Å². The number of ether oxygens (including phenoxy) is 4. The zero-order valence-corrected chi connectivity index (χ0v) is 22.4. The van der Waals surface area contributed by atoms with Gasteiger partial charge in [-0.3, -0.25) is 0 Å². The van der Waals surface area contributed by atoms with E-state index in [0.29, 0.717) is 23.5 Å². The van der Waals surface area contributed by atoms with Crippen molar-refractivity contribution in [1.29, 1.82) is 0 Å². The number of hydrogen-bond acceptors (Lipinski definition) is 6. The molecule has 7 heteroatoms. The average Bonchev–Trinajstić information content (AvgIpc) is 2.71. The van der Waals surface area contributed by atoms with Crippen LogP contribution in [-0.2, 0) is 20.3 Å². The Morgan fingerprint density at radius 1 is 1.16 bits per heavy atom. The first-order valence-corrected chi connectivity index (χ1v) is 14.5. The molecule has 1 heterocycles. The maximum absolute atomic E-state index is 12.7. The first-order valence-electron chi connectivity index (χ1n) is 11.6. The maximum Gasteiger partial charge on any atom is 0.341 e. The summed E-state index contributed by atoms with van der Waals surface area (Å²) < 4.78 is 29.2. The van der Waals surface area contributed by atoms with Crippen LogP contribution in [0.2, 0.25) is 18.1 Å². The van der Waals surface area contributed by atoms with Gasteiger partial charge in [0.1, 0.15) is 17.1 Å². The normalized spacial score (nSPS) is 20.5. The van der Waals surface area contributed by atoms with Crippen LogP contribution in [0.1, 0.15) is 69.3 Å². The van der Waals surface area contributed by atoms with Crippen LogP contribution in [0.4, 0.5) is 0 Å². The number of esters is 1. The predicted octanol–water partition coefficient (Wildman–Crippen LogP) is 5.77. The standard InChI is InChI=1S/C25H42O6Si/c1-17-11-10-12-19(30-17)15-21(31-32(8,9)25(2,3)4)14-18-13-20(27-5)16-22(28-6)23(18)24(26)29-7/h13,16-17,19,21H,10-12,14-15H2,1-9H3/t17-,19-,21-/m1/s1. The fraction of sp³-hybridized carbons (Fsp3) is 0.720. The molecule has 0 spiro atoms. The topological polar surface area (TPSA) is 63.2 Å². The van der Waals surface area contributed by atoms with Crippen molar-refractivity contribution in [3.05, 3.63) is 23.3 Å². The van der Waals surface area contributed by atoms with Crippen molar-refractivity contribution in [2.24, 2.45) is 0 Å². The van der Waals surface area contributed by atoms with E-state index in [9.17, 15) is 4.79 Å². The molecule has 0 radical (unpaired) electrons. The van der Waals surface area contributed by atoms with Crippen LogP contribution in [0.25, 0.3) is 0 Å². The molecular weight excluding hydrogens is 424 g/mol. The third kappa shape index (κ3) is 6.72. The van der Waals surface area contributed by atoms with E-state index in [4.69, 9.17) is 23.4 Å². The highest BCUT2D eigenvalue weighted by Gasteiger charge is 2.40. The van der Waals surface area contributed by atoms with E-state index in [-0.39, 0.29) is 23.4 Å². The predicted molar refractivity (Wildman–Crippen MR) is 129 cm³/mol. The molecule has 0 N–H and O–H groups in total. The lowest BCUT2D eigenvalue weighted by Gasteiger charge is -2.41. The number of hydrogen-bond donors (Lipinski definition) is 0. The van der Waals surface area contributed by atoms with Crippen LogP contribution in [0.15, 0.2) is 12.1 Å². The Hall–Kier alpha value is -1.57. The summed E-state index contributed by atoms with van der Waals surface area (Å²) >= 11 is 0. The molecule has 182 valence electrons. The Morgan fingerprint density at radius 3 is 2.38 bits per heavy atom. The van der Waals surface area contributed by atoms with Crippen LogP contribution in [-0.4, -0.2) is 53.9 Å². The minimum absolute atomic E-state index is 0.0726. The molecule has 0 aliphatic carbocycles. The highest BCUT2D eigenvalue weighted by atomic mass is 28.4. The maximum atomic E-state index is 12.7. The van der Waals surface area contributed by atoms with Crippen molar-refractivity contribution in [2.45, 2.75) is 96.2 Å². The summed E-state index contributed by atoms with van der Waals surface area (Å²) in [5, 5.41) is 0.0726. The molecule has 0 saturated carbocycles. The van der Waals surface area contributed by atoms with Gasteiger partial charge in [-0.1, -0.05) is 20.8 Å². The summed E-state index contributed by atoms with van der Waals surface area (Å²) in [6.07, 6.45) is 4.98. The lowest BCUT2D eigenvalue weighted by molar-refractivity contribution is -0.0583. The van der Waals surface area contributed by atoms with Crippen molar-refractivity contribution in [1.82, 2.24) is 0 Å². The van der Waals surface area contributed by atoms with Crippen LogP contribution in [0.3, 0.4) is 0 Å². The van der Waals surface area contributed by atoms with Gasteiger partial charge < -0.3 is 23.4 Å². The Kier molecular flexibility index (Phi) is 9.20. The van der Waals surface area contributed by atoms with Gasteiger partial charge in [0.05, 0.1) is 39.6 Å². The monoisotopic (exact) mass is 466 g/mol. The quantitative estimate of drug-likeness (QED) is 0.340. The zero-order valence-electron chi connectivity index (χ0n) is 21.4. The van der Waals surface area contributed by atoms with Crippen molar-refractivity contribution < 1.29 is 28.2 Å². The third-order valence-corrected chi connectivity index (χ3v) is 11.3. The van der Waals surface area contributed by atoms with Gasteiger partial charge in [-0.25, -0.2) is 4.79 Å². The van der Waals surface area contributed by atoms with Gasteiger partial charge in [0, 0.05) is 6.07 Å². The SMILES string of the molecule is COC(=O)c1c(C[C@H](C[C@H]2CCC[C@@H](C)O2)O[Si](C)(C)C(C)(C)C)cc(OC)cc1OC. The highest BCUT2D eigenvalue weighted by Crippen LogP contribution is 2.39. The van der Waals surface area contributed by atoms with E-state index < -0.39 is 14.3 Å². The second-order valence-corrected chi connectivity index (χ2v) is 15.1. The summed E-state index contributed by atoms with van der Waals surface area (Å²) in [5.41, 5.74) is 1.23. The van der Waals surface area contributed by atoms with Gasteiger partial charge >= 0.3 is 5.97 Å². The molecule has 1 aliphatic rings. The summed E-state index contributed by atoms with van der Waals surface area (Å²) in [7, 11) is 2.49. The molecule has 0 amide bonds. The third-order valence-electron chi connectivity index (χ3n) is 6.80. The van der Waals surface area contributed by atoms with Crippen molar-refractivity contribution in [2.75, 3.05) is 21.3 Å². The van der Waals surface area contributed by atoms with Gasteiger partial charge in [-0.15, -0.1) is 0 Å². The van der Waals surface area contributed by atoms with E-state index >= 15 is 0 Å². The van der Waals surface area contributed by atoms with E-state index in [2.05, 4.69) is 40.8 Å². The highest BCUT2D eigenvalue weighted by molar-refractivity contribution is 6.74. The average molecular weight is 467 g/mol. The Balaban J connectivity index is 2.44. The molecule has 1 fully saturated rings. The molecule has 2 rings (SSSR count). The van der Waals surface area contributed by atoms with Gasteiger partial charge in [0.15, 0.2) is 8.32 Å². The number of methoxy groups -OCH3 is 3. The molecule has 3 atom stereocenters. The largest absolute Gasteiger partial charge is 0.497 e. The molecule has 1 aromatic carbocycles. The lowest BCUT2D eigenvalue weighted by atomic mass is 9.94. The van der Waals surface area contributed by atoms with Gasteiger partial charge in [0.2, 0.25) is 0 Å². The van der Waals surface area contributed by atoms with Crippen LogP contribution in [0.5, 0.6) is 11.5 Å². The van der Waals surface area contributed by atoms with E-state index in [1.807, 2.05) is 6.07 Å². The molecule has 1 aliphatic heterocycles. The smallest absolute Gasteiger partial charge is 0.341 e. The van der Waals surface area contributed by atoms with Crippen LogP contribution in [0, 0.1) is 0 Å². The second-order valence-electron chi connectivity index (χ2n) is 10.3. The molecule has 1 aromatic rings. The van der Waals surface area contributed by atoms with Gasteiger partial charge in [-0.05, 0) is 68.8 Å². The molecule has 0 aromatic heterocycles.